The number of nitrogens with one attached hydrogen (secondary N) is 1. The summed E-state index contributed by atoms with van der Waals surface area (Å²) in [7, 11) is 0. The van der Waals surface area contributed by atoms with Gasteiger partial charge in [-0.25, -0.2) is 0 Å². The van der Waals surface area contributed by atoms with E-state index in [0.29, 0.717) is 12.9 Å². The molecule has 0 radical (unpaired) electrons. The molecule has 2 heterocycles. The highest BCUT2D eigenvalue weighted by Gasteiger charge is 2.32. The molecule has 1 saturated heterocycles. The van der Waals surface area contributed by atoms with Crippen molar-refractivity contribution < 1.29 is 14.2 Å². The van der Waals surface area contributed by atoms with E-state index in [2.05, 4.69) is 16.3 Å². The van der Waals surface area contributed by atoms with Crippen LogP contribution in [0, 0.1) is 0 Å². The molecule has 0 unspecified atom stereocenters. The van der Waals surface area contributed by atoms with Crippen molar-refractivity contribution >= 4 is 0 Å². The molecule has 3 aliphatic rings. The molecule has 0 aromatic heterocycles. The Morgan fingerprint density at radius 3 is 3.10 bits per heavy atom. The lowest BCUT2D eigenvalue weighted by atomic mass is 10.2. The van der Waals surface area contributed by atoms with Crippen molar-refractivity contribution in [3.63, 3.8) is 0 Å². The Hall–Kier alpha value is -1.30. The smallest absolute Gasteiger partial charge is 0.231 e. The zero-order valence-electron chi connectivity index (χ0n) is 12.2. The van der Waals surface area contributed by atoms with Crippen LogP contribution < -0.4 is 14.8 Å². The van der Waals surface area contributed by atoms with E-state index in [1.807, 2.05) is 12.1 Å². The van der Waals surface area contributed by atoms with E-state index in [1.165, 1.54) is 12.8 Å². The number of hydrogen-bond acceptors (Lipinski definition) is 5. The summed E-state index contributed by atoms with van der Waals surface area (Å²) in [6.07, 6.45) is 3.04. The van der Waals surface area contributed by atoms with Crippen LogP contribution in [0.1, 0.15) is 18.4 Å². The van der Waals surface area contributed by atoms with Gasteiger partial charge in [0.15, 0.2) is 11.5 Å². The normalized spacial score (nSPS) is 25.2. The Labute approximate surface area is 125 Å². The highest BCUT2D eigenvalue weighted by Crippen LogP contribution is 2.35. The lowest BCUT2D eigenvalue weighted by Gasteiger charge is -2.33. The monoisotopic (exact) mass is 290 g/mol. The molecule has 5 heteroatoms. The molecule has 0 bridgehead atoms. The number of fused-ring (bicyclic) bond motifs is 1. The number of morpholine rings is 1. The highest BCUT2D eigenvalue weighted by molar-refractivity contribution is 5.48. The van der Waals surface area contributed by atoms with Gasteiger partial charge < -0.3 is 19.5 Å². The van der Waals surface area contributed by atoms with E-state index >= 15 is 0 Å². The Morgan fingerprint density at radius 1 is 1.24 bits per heavy atom. The van der Waals surface area contributed by atoms with Crippen molar-refractivity contribution in [1.82, 2.24) is 10.2 Å². The summed E-state index contributed by atoms with van der Waals surface area (Å²) in [5.74, 6) is 1.73. The van der Waals surface area contributed by atoms with Crippen LogP contribution in [0.4, 0.5) is 0 Å². The van der Waals surface area contributed by atoms with Crippen molar-refractivity contribution in [2.45, 2.75) is 31.5 Å². The van der Waals surface area contributed by atoms with Gasteiger partial charge >= 0.3 is 0 Å². The molecular formula is C16H22N2O3. The maximum absolute atomic E-state index is 5.86. The van der Waals surface area contributed by atoms with E-state index in [1.54, 1.807) is 0 Å². The van der Waals surface area contributed by atoms with Gasteiger partial charge in [-0.05, 0) is 18.9 Å². The maximum Gasteiger partial charge on any atom is 0.231 e. The van der Waals surface area contributed by atoms with Crippen LogP contribution in [0.2, 0.25) is 0 Å². The fourth-order valence-corrected chi connectivity index (χ4v) is 3.13. The molecule has 0 amide bonds. The second-order valence-corrected chi connectivity index (χ2v) is 6.00. The number of ether oxygens (including phenoxy) is 3. The zero-order valence-corrected chi connectivity index (χ0v) is 12.2. The number of rotatable bonds is 5. The Morgan fingerprint density at radius 2 is 2.19 bits per heavy atom. The van der Waals surface area contributed by atoms with Crippen LogP contribution in [0.3, 0.4) is 0 Å². The van der Waals surface area contributed by atoms with Crippen LogP contribution in [-0.2, 0) is 11.3 Å². The van der Waals surface area contributed by atoms with E-state index in [-0.39, 0.29) is 0 Å². The third kappa shape index (κ3) is 3.00. The molecule has 5 nitrogen and oxygen atoms in total. The first kappa shape index (κ1) is 13.4. The van der Waals surface area contributed by atoms with Gasteiger partial charge in [0.2, 0.25) is 6.79 Å². The fourth-order valence-electron chi connectivity index (χ4n) is 3.13. The summed E-state index contributed by atoms with van der Waals surface area (Å²) >= 11 is 0. The minimum absolute atomic E-state index is 0.299. The first-order valence-corrected chi connectivity index (χ1v) is 7.84. The van der Waals surface area contributed by atoms with Crippen LogP contribution in [0.25, 0.3) is 0 Å². The van der Waals surface area contributed by atoms with Crippen LogP contribution >= 0.6 is 0 Å². The third-order valence-corrected chi connectivity index (χ3v) is 4.40. The van der Waals surface area contributed by atoms with Gasteiger partial charge in [-0.1, -0.05) is 12.1 Å². The molecule has 1 saturated carbocycles. The maximum atomic E-state index is 5.86. The minimum Gasteiger partial charge on any atom is -0.454 e. The largest absolute Gasteiger partial charge is 0.454 e. The predicted molar refractivity (Wildman–Crippen MR) is 78.6 cm³/mol. The molecule has 2 aliphatic heterocycles. The minimum atomic E-state index is 0.299. The average Bonchev–Trinajstić information content (AvgIpc) is 3.25. The van der Waals surface area contributed by atoms with E-state index in [9.17, 15) is 0 Å². The molecule has 21 heavy (non-hydrogen) atoms. The number of benzene rings is 1. The van der Waals surface area contributed by atoms with Gasteiger partial charge in [-0.2, -0.15) is 0 Å². The molecule has 1 N–H and O–H groups in total. The zero-order chi connectivity index (χ0) is 14.1. The molecule has 4 rings (SSSR count). The molecule has 114 valence electrons. The molecule has 2 fully saturated rings. The summed E-state index contributed by atoms with van der Waals surface area (Å²) < 4.78 is 16.8. The van der Waals surface area contributed by atoms with Gasteiger partial charge in [0.05, 0.1) is 12.7 Å². The van der Waals surface area contributed by atoms with E-state index < -0.39 is 0 Å². The van der Waals surface area contributed by atoms with Crippen molar-refractivity contribution in [3.8, 4) is 11.5 Å². The highest BCUT2D eigenvalue weighted by atomic mass is 16.7. The van der Waals surface area contributed by atoms with Crippen molar-refractivity contribution in [2.24, 2.45) is 0 Å². The molecule has 1 aliphatic carbocycles. The van der Waals surface area contributed by atoms with E-state index in [4.69, 9.17) is 14.2 Å². The van der Waals surface area contributed by atoms with Gasteiger partial charge in [-0.15, -0.1) is 0 Å². The van der Waals surface area contributed by atoms with Gasteiger partial charge in [0.25, 0.3) is 0 Å². The standard InChI is InChI=1S/C16H22N2O3/c1-2-12(16-15(3-1)20-11-21-16)8-17-9-14-10-18(6-7-19-14)13-4-5-13/h1-3,13-14,17H,4-11H2/t14-/m1/s1. The van der Waals surface area contributed by atoms with E-state index in [0.717, 1.165) is 55.9 Å². The lowest BCUT2D eigenvalue weighted by molar-refractivity contribution is -0.0301. The molecule has 1 atom stereocenters. The third-order valence-electron chi connectivity index (χ3n) is 4.40. The summed E-state index contributed by atoms with van der Waals surface area (Å²) in [4.78, 5) is 2.58. The van der Waals surface area contributed by atoms with Crippen LogP contribution in [0.15, 0.2) is 18.2 Å². The van der Waals surface area contributed by atoms with Gasteiger partial charge in [0, 0.05) is 37.8 Å². The lowest BCUT2D eigenvalue weighted by Crippen LogP contribution is -2.47. The Bertz CT molecular complexity index is 504. The van der Waals surface area contributed by atoms with Crippen molar-refractivity contribution in [1.29, 1.82) is 0 Å². The number of para-hydroxylation sites is 1. The molecular weight excluding hydrogens is 268 g/mol. The Kier molecular flexibility index (Phi) is 3.71. The van der Waals surface area contributed by atoms with Gasteiger partial charge in [-0.3, -0.25) is 4.90 Å². The van der Waals surface area contributed by atoms with Gasteiger partial charge in [0.1, 0.15) is 0 Å². The SMILES string of the molecule is c1cc(CNC[C@@H]2CN(C3CC3)CCO2)c2c(c1)OCO2. The summed E-state index contributed by atoms with van der Waals surface area (Å²) in [6, 6.07) is 6.87. The van der Waals surface area contributed by atoms with Crippen molar-refractivity contribution in [2.75, 3.05) is 33.0 Å². The average molecular weight is 290 g/mol. The van der Waals surface area contributed by atoms with Crippen molar-refractivity contribution in [3.05, 3.63) is 23.8 Å². The quantitative estimate of drug-likeness (QED) is 0.887. The fraction of sp³-hybridized carbons (Fsp3) is 0.625. The first-order chi connectivity index (χ1) is 10.4. The summed E-state index contributed by atoms with van der Waals surface area (Å²) in [6.45, 7) is 5.02. The first-order valence-electron chi connectivity index (χ1n) is 7.84. The number of nitrogens with zero attached hydrogens (tertiary/aromatic N) is 1. The second kappa shape index (κ2) is 5.83. The Balaban J connectivity index is 1.28. The predicted octanol–water partition coefficient (Wildman–Crippen LogP) is 1.37. The second-order valence-electron chi connectivity index (χ2n) is 6.00. The topological polar surface area (TPSA) is 43.0 Å². The summed E-state index contributed by atoms with van der Waals surface area (Å²) in [5, 5.41) is 3.49. The number of hydrogen-bond donors (Lipinski definition) is 1. The van der Waals surface area contributed by atoms with Crippen LogP contribution in [-0.4, -0.2) is 50.1 Å². The molecule has 0 spiro atoms. The van der Waals surface area contributed by atoms with Crippen LogP contribution in [0.5, 0.6) is 11.5 Å². The molecule has 1 aromatic rings. The summed E-state index contributed by atoms with van der Waals surface area (Å²) in [5.41, 5.74) is 1.15. The molecule has 1 aromatic carbocycles.